The fraction of sp³-hybridized carbons (Fsp3) is 0.581. The minimum Gasteiger partial charge on any atom is -1.00 e. The number of rotatable bonds is 12. The SMILES string of the molecule is Cc1csc(C(=O)NCCO[Si](C)(C)C(C)(C)C)c1NC(=O)C[N+]1(CC(=O)NCc2ccccc2)CCCCCC1.[Br-]. The smallest absolute Gasteiger partial charge is 0.279 e. The van der Waals surface area contributed by atoms with E-state index in [1.807, 2.05) is 42.6 Å². The molecule has 1 saturated heterocycles. The normalized spacial score (nSPS) is 15.2. The third-order valence-corrected chi connectivity index (χ3v) is 14.0. The number of likely N-dealkylation sites (tertiary alicyclic amines) is 1. The number of anilines is 1. The Morgan fingerprint density at radius 2 is 1.57 bits per heavy atom. The number of amides is 3. The summed E-state index contributed by atoms with van der Waals surface area (Å²) in [5.41, 5.74) is 2.46. The molecule has 0 bridgehead atoms. The quantitative estimate of drug-likeness (QED) is 0.182. The van der Waals surface area contributed by atoms with Crippen LogP contribution in [-0.2, 0) is 20.6 Å². The van der Waals surface area contributed by atoms with Gasteiger partial charge in [-0.05, 0) is 67.2 Å². The lowest BCUT2D eigenvalue weighted by molar-refractivity contribution is -0.912. The van der Waals surface area contributed by atoms with E-state index in [1.165, 1.54) is 11.3 Å². The second-order valence-electron chi connectivity index (χ2n) is 12.8. The van der Waals surface area contributed by atoms with E-state index in [2.05, 4.69) is 49.8 Å². The maximum Gasteiger partial charge on any atom is 0.279 e. The Bertz CT molecular complexity index is 1180. The monoisotopic (exact) mass is 680 g/mol. The average molecular weight is 682 g/mol. The van der Waals surface area contributed by atoms with Crippen molar-refractivity contribution < 1.29 is 40.3 Å². The second-order valence-corrected chi connectivity index (χ2v) is 18.5. The summed E-state index contributed by atoms with van der Waals surface area (Å²) in [5, 5.41) is 11.0. The van der Waals surface area contributed by atoms with E-state index >= 15 is 0 Å². The predicted octanol–water partition coefficient (Wildman–Crippen LogP) is 2.46. The Morgan fingerprint density at radius 1 is 0.952 bits per heavy atom. The number of nitrogens with zero attached hydrogens (tertiary/aromatic N) is 1. The van der Waals surface area contributed by atoms with Gasteiger partial charge in [0.1, 0.15) is 4.88 Å². The lowest BCUT2D eigenvalue weighted by Crippen LogP contribution is -3.00. The molecule has 1 aromatic carbocycles. The minimum absolute atomic E-state index is 0. The lowest BCUT2D eigenvalue weighted by Gasteiger charge is -2.36. The molecule has 8 nitrogen and oxygen atoms in total. The zero-order valence-corrected chi connectivity index (χ0v) is 29.5. The summed E-state index contributed by atoms with van der Waals surface area (Å²) in [7, 11) is -1.89. The predicted molar refractivity (Wildman–Crippen MR) is 170 cm³/mol. The Kier molecular flexibility index (Phi) is 13.9. The van der Waals surface area contributed by atoms with Crippen LogP contribution in [0.25, 0.3) is 0 Å². The van der Waals surface area contributed by atoms with Crippen LogP contribution in [0.4, 0.5) is 5.69 Å². The van der Waals surface area contributed by atoms with Crippen LogP contribution in [0.5, 0.6) is 0 Å². The van der Waals surface area contributed by atoms with Gasteiger partial charge < -0.3 is 41.8 Å². The molecule has 1 aliphatic heterocycles. The van der Waals surface area contributed by atoms with Crippen molar-refractivity contribution >= 4 is 43.1 Å². The fourth-order valence-electron chi connectivity index (χ4n) is 4.91. The Labute approximate surface area is 267 Å². The average Bonchev–Trinajstić information content (AvgIpc) is 3.11. The number of halogens is 1. The van der Waals surface area contributed by atoms with Crippen LogP contribution >= 0.6 is 11.3 Å². The molecule has 3 N–H and O–H groups in total. The third-order valence-electron chi connectivity index (χ3n) is 8.41. The van der Waals surface area contributed by atoms with Crippen molar-refractivity contribution in [1.82, 2.24) is 10.6 Å². The molecule has 0 saturated carbocycles. The molecule has 0 unspecified atom stereocenters. The minimum atomic E-state index is -1.89. The molecule has 0 aliphatic carbocycles. The van der Waals surface area contributed by atoms with Gasteiger partial charge in [-0.3, -0.25) is 14.4 Å². The number of carbonyl (C=O) groups excluding carboxylic acids is 3. The molecule has 3 amide bonds. The number of quaternary nitrogens is 1. The van der Waals surface area contributed by atoms with Gasteiger partial charge >= 0.3 is 0 Å². The van der Waals surface area contributed by atoms with E-state index in [0.717, 1.165) is 49.9 Å². The highest BCUT2D eigenvalue weighted by Gasteiger charge is 2.37. The number of hydrogen-bond acceptors (Lipinski definition) is 5. The van der Waals surface area contributed by atoms with E-state index in [-0.39, 0.29) is 52.8 Å². The highest BCUT2D eigenvalue weighted by atomic mass is 79.9. The van der Waals surface area contributed by atoms with Gasteiger partial charge in [0.25, 0.3) is 17.7 Å². The van der Waals surface area contributed by atoms with Crippen molar-refractivity contribution in [2.24, 2.45) is 0 Å². The summed E-state index contributed by atoms with van der Waals surface area (Å²) >= 11 is 1.33. The number of thiophene rings is 1. The number of hydrogen-bond donors (Lipinski definition) is 3. The Hall–Kier alpha value is -2.05. The molecule has 2 heterocycles. The van der Waals surface area contributed by atoms with E-state index < -0.39 is 8.32 Å². The molecule has 1 aromatic heterocycles. The van der Waals surface area contributed by atoms with Crippen LogP contribution in [-0.4, -0.2) is 69.9 Å². The van der Waals surface area contributed by atoms with Crippen molar-refractivity contribution in [1.29, 1.82) is 0 Å². The Morgan fingerprint density at radius 3 is 2.19 bits per heavy atom. The molecule has 1 aliphatic rings. The summed E-state index contributed by atoms with van der Waals surface area (Å²) in [4.78, 5) is 40.0. The van der Waals surface area contributed by atoms with Gasteiger partial charge in [-0.15, -0.1) is 11.3 Å². The number of aryl methyl sites for hydroxylation is 1. The van der Waals surface area contributed by atoms with Crippen molar-refractivity contribution in [2.75, 3.05) is 44.6 Å². The largest absolute Gasteiger partial charge is 1.00 e. The molecule has 0 atom stereocenters. The maximum absolute atomic E-state index is 13.4. The van der Waals surface area contributed by atoms with Crippen LogP contribution in [0.1, 0.15) is 67.3 Å². The van der Waals surface area contributed by atoms with Gasteiger partial charge in [0.2, 0.25) is 0 Å². The molecule has 42 heavy (non-hydrogen) atoms. The third kappa shape index (κ3) is 10.6. The van der Waals surface area contributed by atoms with Crippen molar-refractivity contribution in [3.63, 3.8) is 0 Å². The van der Waals surface area contributed by atoms with Crippen LogP contribution < -0.4 is 32.9 Å². The van der Waals surface area contributed by atoms with Gasteiger partial charge in [0.15, 0.2) is 21.4 Å². The van der Waals surface area contributed by atoms with Crippen LogP contribution in [0.2, 0.25) is 18.1 Å². The molecular formula is C31H49BrN4O4SSi. The van der Waals surface area contributed by atoms with E-state index in [9.17, 15) is 14.4 Å². The maximum atomic E-state index is 13.4. The van der Waals surface area contributed by atoms with Gasteiger partial charge in [0, 0.05) is 13.1 Å². The number of carbonyl (C=O) groups is 3. The zero-order chi connectivity index (χ0) is 30.1. The highest BCUT2D eigenvalue weighted by molar-refractivity contribution is 7.13. The molecule has 1 fully saturated rings. The van der Waals surface area contributed by atoms with Crippen molar-refractivity contribution in [2.45, 2.75) is 78.1 Å². The molecule has 0 spiro atoms. The van der Waals surface area contributed by atoms with E-state index in [1.54, 1.807) is 0 Å². The highest BCUT2D eigenvalue weighted by Crippen LogP contribution is 2.36. The first-order valence-corrected chi connectivity index (χ1v) is 18.6. The lowest BCUT2D eigenvalue weighted by atomic mass is 10.2. The van der Waals surface area contributed by atoms with Gasteiger partial charge in [-0.1, -0.05) is 51.1 Å². The van der Waals surface area contributed by atoms with Gasteiger partial charge in [-0.2, -0.15) is 0 Å². The second kappa shape index (κ2) is 16.1. The summed E-state index contributed by atoms with van der Waals surface area (Å²) < 4.78 is 6.62. The van der Waals surface area contributed by atoms with Crippen LogP contribution in [0.15, 0.2) is 35.7 Å². The summed E-state index contributed by atoms with van der Waals surface area (Å²) in [5.74, 6) is -0.425. The summed E-state index contributed by atoms with van der Waals surface area (Å²) in [6.07, 6.45) is 4.20. The first-order chi connectivity index (χ1) is 19.3. The van der Waals surface area contributed by atoms with Gasteiger partial charge in [-0.25, -0.2) is 0 Å². The van der Waals surface area contributed by atoms with Crippen LogP contribution in [0.3, 0.4) is 0 Å². The number of nitrogens with one attached hydrogen (secondary N) is 3. The Balaban J connectivity index is 0.00000616. The molecule has 11 heteroatoms. The molecule has 2 aromatic rings. The van der Waals surface area contributed by atoms with Crippen LogP contribution in [0, 0.1) is 6.92 Å². The fourth-order valence-corrected chi connectivity index (χ4v) is 6.87. The summed E-state index contributed by atoms with van der Waals surface area (Å²) in [6.45, 7) is 16.2. The summed E-state index contributed by atoms with van der Waals surface area (Å²) in [6, 6.07) is 9.85. The van der Waals surface area contributed by atoms with Crippen molar-refractivity contribution in [3.8, 4) is 0 Å². The standard InChI is InChI=1S/C31H48N4O4SSi.BrH/c1-24-23-40-29(30(38)32-16-19-39-41(5,6)31(2,3)4)28(24)34-27(37)22-35(17-12-7-8-13-18-35)21-26(36)33-20-25-14-10-9-11-15-25;/h9-11,14-15,23H,7-8,12-13,16-22H2,1-6H3,(H2-,32,33,34,36,37,38);1H. The molecule has 0 radical (unpaired) electrons. The molecule has 3 rings (SSSR count). The van der Waals surface area contributed by atoms with Gasteiger partial charge in [0.05, 0.1) is 25.4 Å². The van der Waals surface area contributed by atoms with Crippen molar-refractivity contribution in [3.05, 3.63) is 51.7 Å². The molecular weight excluding hydrogens is 632 g/mol. The van der Waals surface area contributed by atoms with E-state index in [0.29, 0.717) is 34.7 Å². The topological polar surface area (TPSA) is 96.5 Å². The zero-order valence-electron chi connectivity index (χ0n) is 26.1. The first kappa shape index (κ1) is 36.1. The molecule has 234 valence electrons. The first-order valence-electron chi connectivity index (χ1n) is 14.8. The van der Waals surface area contributed by atoms with E-state index in [4.69, 9.17) is 4.43 Å². The number of benzene rings is 1.